The second-order valence-corrected chi connectivity index (χ2v) is 8.51. The molecule has 154 valence electrons. The molecule has 29 heavy (non-hydrogen) atoms. The van der Waals surface area contributed by atoms with Gasteiger partial charge in [-0.2, -0.15) is 0 Å². The monoisotopic (exact) mass is 414 g/mol. The van der Waals surface area contributed by atoms with Crippen LogP contribution in [0.4, 0.5) is 5.82 Å². The van der Waals surface area contributed by atoms with Crippen LogP contribution in [0.5, 0.6) is 0 Å². The first-order valence-corrected chi connectivity index (χ1v) is 10.9. The Bertz CT molecular complexity index is 926. The molecule has 1 fully saturated rings. The normalized spacial score (nSPS) is 19.1. The summed E-state index contributed by atoms with van der Waals surface area (Å²) in [4.78, 5) is 43.0. The molecule has 4 rings (SSSR count). The summed E-state index contributed by atoms with van der Waals surface area (Å²) >= 11 is 1.38. The molecule has 2 aliphatic rings. The zero-order chi connectivity index (χ0) is 20.5. The average molecular weight is 415 g/mol. The largest absolute Gasteiger partial charge is 0.373 e. The van der Waals surface area contributed by atoms with Gasteiger partial charge >= 0.3 is 0 Å². The minimum atomic E-state index is 0.0196. The van der Waals surface area contributed by atoms with Gasteiger partial charge in [0.05, 0.1) is 23.4 Å². The van der Waals surface area contributed by atoms with Gasteiger partial charge in [0.2, 0.25) is 5.91 Å². The maximum absolute atomic E-state index is 12.9. The van der Waals surface area contributed by atoms with Crippen molar-refractivity contribution in [2.75, 3.05) is 32.0 Å². The first kappa shape index (κ1) is 19.8. The molecular weight excluding hydrogens is 388 g/mol. The van der Waals surface area contributed by atoms with Crippen LogP contribution in [0.3, 0.4) is 0 Å². The van der Waals surface area contributed by atoms with Gasteiger partial charge < -0.3 is 15.1 Å². The first-order chi connectivity index (χ1) is 14.0. The van der Waals surface area contributed by atoms with Crippen LogP contribution in [0.2, 0.25) is 0 Å². The minimum Gasteiger partial charge on any atom is -0.373 e. The molecule has 2 aromatic heterocycles. The van der Waals surface area contributed by atoms with Gasteiger partial charge in [0.25, 0.3) is 5.91 Å². The zero-order valence-corrected chi connectivity index (χ0v) is 17.9. The lowest BCUT2D eigenvalue weighted by atomic mass is 9.96. The van der Waals surface area contributed by atoms with Crippen LogP contribution in [0, 0.1) is 6.92 Å². The van der Waals surface area contributed by atoms with E-state index in [0.717, 1.165) is 48.0 Å². The third-order valence-corrected chi connectivity index (χ3v) is 6.69. The lowest BCUT2D eigenvalue weighted by Crippen LogP contribution is -2.39. The highest BCUT2D eigenvalue weighted by Gasteiger charge is 2.30. The second kappa shape index (κ2) is 8.06. The maximum atomic E-state index is 12.9. The summed E-state index contributed by atoms with van der Waals surface area (Å²) in [5, 5.41) is 3.19. The van der Waals surface area contributed by atoms with Gasteiger partial charge in [0, 0.05) is 51.5 Å². The first-order valence-electron chi connectivity index (χ1n) is 10.00. The van der Waals surface area contributed by atoms with Crippen LogP contribution in [0.25, 0.3) is 0 Å². The molecule has 1 saturated heterocycles. The summed E-state index contributed by atoms with van der Waals surface area (Å²) in [6.07, 6.45) is 2.66. The smallest absolute Gasteiger partial charge is 0.266 e. The van der Waals surface area contributed by atoms with E-state index in [2.05, 4.69) is 10.3 Å². The summed E-state index contributed by atoms with van der Waals surface area (Å²) < 4.78 is 0. The number of aryl methyl sites for hydroxylation is 1. The van der Waals surface area contributed by atoms with Crippen LogP contribution in [0.15, 0.2) is 5.51 Å². The number of hydrogen-bond acceptors (Lipinski definition) is 7. The Kier molecular flexibility index (Phi) is 5.49. The second-order valence-electron chi connectivity index (χ2n) is 7.65. The van der Waals surface area contributed by atoms with Crippen molar-refractivity contribution in [3.8, 4) is 0 Å². The van der Waals surface area contributed by atoms with Crippen LogP contribution in [-0.2, 0) is 17.8 Å². The van der Waals surface area contributed by atoms with E-state index < -0.39 is 0 Å². The van der Waals surface area contributed by atoms with Crippen molar-refractivity contribution in [2.24, 2.45) is 0 Å². The Hall–Kier alpha value is -2.55. The number of carbonyl (C=O) groups excluding carboxylic acids is 2. The topological polar surface area (TPSA) is 91.3 Å². The number of hydrogen-bond donors (Lipinski definition) is 1. The Balaban J connectivity index is 1.59. The highest BCUT2D eigenvalue weighted by Crippen LogP contribution is 2.30. The lowest BCUT2D eigenvalue weighted by molar-refractivity contribution is -0.130. The number of nitrogens with zero attached hydrogens (tertiary/aromatic N) is 5. The standard InChI is InChI=1S/C20H26N6O2S/c1-12-17(29-11-22-12)20(28)26-8-6-16-15(10-26)19(21-3)24-18(23-16)14-5-4-7-25(9-14)13(2)27/h11,14H,4-10H2,1-3H3,(H,21,23,24)/t14-/m0/s1. The summed E-state index contributed by atoms with van der Waals surface area (Å²) in [6, 6.07) is 0. The quantitative estimate of drug-likeness (QED) is 0.828. The van der Waals surface area contributed by atoms with Crippen LogP contribution in [0.1, 0.15) is 58.1 Å². The Morgan fingerprint density at radius 2 is 2.07 bits per heavy atom. The molecule has 0 radical (unpaired) electrons. The van der Waals surface area contributed by atoms with Gasteiger partial charge in [0.1, 0.15) is 16.5 Å². The number of amides is 2. The molecule has 0 aliphatic carbocycles. The van der Waals surface area contributed by atoms with E-state index in [1.165, 1.54) is 11.3 Å². The molecule has 0 bridgehead atoms. The molecule has 2 amide bonds. The fraction of sp³-hybridized carbons (Fsp3) is 0.550. The molecule has 2 aromatic rings. The van der Waals surface area contributed by atoms with Gasteiger partial charge in [-0.05, 0) is 19.8 Å². The summed E-state index contributed by atoms with van der Waals surface area (Å²) in [7, 11) is 1.85. The Morgan fingerprint density at radius 1 is 1.24 bits per heavy atom. The third kappa shape index (κ3) is 3.83. The fourth-order valence-corrected chi connectivity index (χ4v) is 4.89. The van der Waals surface area contributed by atoms with E-state index in [-0.39, 0.29) is 17.7 Å². The fourth-order valence-electron chi connectivity index (χ4n) is 4.12. The molecule has 4 heterocycles. The van der Waals surface area contributed by atoms with Crippen molar-refractivity contribution in [2.45, 2.75) is 45.6 Å². The molecule has 1 atom stereocenters. The molecule has 0 unspecified atom stereocenters. The van der Waals surface area contributed by atoms with Crippen molar-refractivity contribution in [1.82, 2.24) is 24.8 Å². The average Bonchev–Trinajstić information content (AvgIpc) is 3.17. The van der Waals surface area contributed by atoms with E-state index in [1.807, 2.05) is 23.8 Å². The van der Waals surface area contributed by atoms with Gasteiger partial charge in [-0.25, -0.2) is 15.0 Å². The number of thiazole rings is 1. The lowest BCUT2D eigenvalue weighted by Gasteiger charge is -2.33. The minimum absolute atomic E-state index is 0.0196. The third-order valence-electron chi connectivity index (χ3n) is 5.77. The molecule has 8 nitrogen and oxygen atoms in total. The number of piperidine rings is 1. The molecule has 0 spiro atoms. The highest BCUT2D eigenvalue weighted by molar-refractivity contribution is 7.11. The number of anilines is 1. The van der Waals surface area contributed by atoms with Crippen molar-refractivity contribution in [3.63, 3.8) is 0 Å². The van der Waals surface area contributed by atoms with E-state index in [4.69, 9.17) is 9.97 Å². The van der Waals surface area contributed by atoms with E-state index in [9.17, 15) is 9.59 Å². The molecular formula is C20H26N6O2S. The van der Waals surface area contributed by atoms with Crippen LogP contribution >= 0.6 is 11.3 Å². The molecule has 0 aromatic carbocycles. The summed E-state index contributed by atoms with van der Waals surface area (Å²) in [5.41, 5.74) is 4.48. The predicted molar refractivity (Wildman–Crippen MR) is 111 cm³/mol. The molecule has 2 aliphatic heterocycles. The van der Waals surface area contributed by atoms with Crippen molar-refractivity contribution in [1.29, 1.82) is 0 Å². The molecule has 1 N–H and O–H groups in total. The van der Waals surface area contributed by atoms with Crippen LogP contribution in [-0.4, -0.2) is 63.2 Å². The number of likely N-dealkylation sites (tertiary alicyclic amines) is 1. The van der Waals surface area contributed by atoms with E-state index in [0.29, 0.717) is 30.9 Å². The van der Waals surface area contributed by atoms with Gasteiger partial charge in [0.15, 0.2) is 0 Å². The van der Waals surface area contributed by atoms with E-state index >= 15 is 0 Å². The maximum Gasteiger partial charge on any atom is 0.266 e. The van der Waals surface area contributed by atoms with Crippen LogP contribution < -0.4 is 5.32 Å². The molecule has 0 saturated carbocycles. The van der Waals surface area contributed by atoms with Crippen molar-refractivity contribution in [3.05, 3.63) is 33.2 Å². The van der Waals surface area contributed by atoms with Gasteiger partial charge in [-0.3, -0.25) is 9.59 Å². The number of rotatable bonds is 3. The highest BCUT2D eigenvalue weighted by atomic mass is 32.1. The predicted octanol–water partition coefficient (Wildman–Crippen LogP) is 2.21. The summed E-state index contributed by atoms with van der Waals surface area (Å²) in [6.45, 7) is 6.09. The van der Waals surface area contributed by atoms with E-state index in [1.54, 1.807) is 12.4 Å². The Morgan fingerprint density at radius 3 is 2.76 bits per heavy atom. The van der Waals surface area contributed by atoms with Crippen molar-refractivity contribution >= 4 is 29.0 Å². The SMILES string of the molecule is CNc1nc([C@H]2CCCN(C(C)=O)C2)nc2c1CN(C(=O)c1scnc1C)CC2. The number of carbonyl (C=O) groups is 2. The number of aromatic nitrogens is 3. The number of fused-ring (bicyclic) bond motifs is 1. The van der Waals surface area contributed by atoms with Gasteiger partial charge in [-0.1, -0.05) is 0 Å². The van der Waals surface area contributed by atoms with Gasteiger partial charge in [-0.15, -0.1) is 11.3 Å². The zero-order valence-electron chi connectivity index (χ0n) is 17.1. The molecule has 9 heteroatoms. The number of nitrogens with one attached hydrogen (secondary N) is 1. The van der Waals surface area contributed by atoms with Crippen molar-refractivity contribution < 1.29 is 9.59 Å². The Labute approximate surface area is 174 Å². The summed E-state index contributed by atoms with van der Waals surface area (Å²) in [5.74, 6) is 1.87.